The lowest BCUT2D eigenvalue weighted by Crippen LogP contribution is -2.49. The molecule has 1 saturated heterocycles. The summed E-state index contributed by atoms with van der Waals surface area (Å²) in [6.45, 7) is 3.73. The zero-order valence-electron chi connectivity index (χ0n) is 13.3. The summed E-state index contributed by atoms with van der Waals surface area (Å²) in [4.78, 5) is 34.4. The number of carbonyl (C=O) groups excluding carboxylic acids is 2. The fourth-order valence-corrected chi connectivity index (χ4v) is 3.04. The number of piperazine rings is 1. The molecule has 126 valence electrons. The Morgan fingerprint density at radius 1 is 1.17 bits per heavy atom. The van der Waals surface area contributed by atoms with Gasteiger partial charge in [-0.2, -0.15) is 15.2 Å². The summed E-state index contributed by atoms with van der Waals surface area (Å²) < 4.78 is 1.63. The van der Waals surface area contributed by atoms with E-state index in [-0.39, 0.29) is 11.8 Å². The zero-order chi connectivity index (χ0) is 16.7. The number of hydrogen-bond donors (Lipinski definition) is 1. The first-order chi connectivity index (χ1) is 11.6. The SMILES string of the molecule is CN1CCn2nc(C(=O)N3CCN(c4ncn[nH]4)CC3)cc2C1=O. The Labute approximate surface area is 138 Å². The van der Waals surface area contributed by atoms with Gasteiger partial charge in [0, 0.05) is 45.8 Å². The monoisotopic (exact) mass is 330 g/mol. The molecule has 2 aromatic heterocycles. The zero-order valence-corrected chi connectivity index (χ0v) is 13.3. The van der Waals surface area contributed by atoms with Gasteiger partial charge in [-0.25, -0.2) is 5.10 Å². The van der Waals surface area contributed by atoms with Crippen LogP contribution in [0.15, 0.2) is 12.4 Å². The first-order valence-corrected chi connectivity index (χ1v) is 7.86. The lowest BCUT2D eigenvalue weighted by Gasteiger charge is -2.33. The molecule has 2 aliphatic heterocycles. The van der Waals surface area contributed by atoms with Gasteiger partial charge < -0.3 is 14.7 Å². The van der Waals surface area contributed by atoms with Crippen molar-refractivity contribution >= 4 is 17.8 Å². The van der Waals surface area contributed by atoms with Crippen molar-refractivity contribution in [2.45, 2.75) is 6.54 Å². The molecule has 0 aromatic carbocycles. The van der Waals surface area contributed by atoms with Crippen LogP contribution in [0.4, 0.5) is 5.95 Å². The molecule has 2 aromatic rings. The van der Waals surface area contributed by atoms with E-state index in [9.17, 15) is 9.59 Å². The first kappa shape index (κ1) is 14.7. The van der Waals surface area contributed by atoms with Gasteiger partial charge in [0.05, 0.1) is 6.54 Å². The summed E-state index contributed by atoms with van der Waals surface area (Å²) in [5.74, 6) is 0.487. The molecule has 4 heterocycles. The average molecular weight is 330 g/mol. The lowest BCUT2D eigenvalue weighted by molar-refractivity contribution is 0.0728. The number of fused-ring (bicyclic) bond motifs is 1. The van der Waals surface area contributed by atoms with Crippen LogP contribution in [0, 0.1) is 0 Å². The average Bonchev–Trinajstić information content (AvgIpc) is 3.27. The Kier molecular flexibility index (Phi) is 3.44. The standard InChI is InChI=1S/C14H18N8O2/c1-19-2-7-22-11(13(19)24)8-10(18-22)12(23)20-3-5-21(6-4-20)14-15-9-16-17-14/h8-9H,2-7H2,1H3,(H,15,16,17). The number of aromatic nitrogens is 5. The van der Waals surface area contributed by atoms with Crippen LogP contribution in [0.5, 0.6) is 0 Å². The van der Waals surface area contributed by atoms with Crippen LogP contribution in [0.2, 0.25) is 0 Å². The van der Waals surface area contributed by atoms with Gasteiger partial charge in [0.15, 0.2) is 5.69 Å². The highest BCUT2D eigenvalue weighted by atomic mass is 16.2. The van der Waals surface area contributed by atoms with Crippen LogP contribution in [-0.4, -0.2) is 86.3 Å². The van der Waals surface area contributed by atoms with Crippen molar-refractivity contribution in [1.82, 2.24) is 34.8 Å². The van der Waals surface area contributed by atoms with E-state index in [1.807, 2.05) is 4.90 Å². The van der Waals surface area contributed by atoms with Crippen LogP contribution >= 0.6 is 0 Å². The van der Waals surface area contributed by atoms with Gasteiger partial charge in [0.25, 0.3) is 11.8 Å². The molecule has 0 spiro atoms. The molecule has 10 heteroatoms. The molecule has 24 heavy (non-hydrogen) atoms. The molecule has 0 aliphatic carbocycles. The van der Waals surface area contributed by atoms with Crippen molar-refractivity contribution in [2.24, 2.45) is 0 Å². The summed E-state index contributed by atoms with van der Waals surface area (Å²) in [5.41, 5.74) is 0.814. The number of H-pyrrole nitrogens is 1. The number of nitrogens with zero attached hydrogens (tertiary/aromatic N) is 7. The van der Waals surface area contributed by atoms with E-state index in [2.05, 4.69) is 20.3 Å². The molecule has 0 saturated carbocycles. The van der Waals surface area contributed by atoms with Gasteiger partial charge in [0.2, 0.25) is 5.95 Å². The Morgan fingerprint density at radius 3 is 2.67 bits per heavy atom. The summed E-state index contributed by atoms with van der Waals surface area (Å²) in [6, 6.07) is 1.60. The van der Waals surface area contributed by atoms with E-state index >= 15 is 0 Å². The maximum Gasteiger partial charge on any atom is 0.274 e. The molecule has 1 fully saturated rings. The Morgan fingerprint density at radius 2 is 1.96 bits per heavy atom. The van der Waals surface area contributed by atoms with E-state index in [1.165, 1.54) is 6.33 Å². The third-order valence-electron chi connectivity index (χ3n) is 4.48. The van der Waals surface area contributed by atoms with E-state index < -0.39 is 0 Å². The molecular weight excluding hydrogens is 312 g/mol. The second kappa shape index (κ2) is 5.62. The van der Waals surface area contributed by atoms with Crippen LogP contribution < -0.4 is 4.90 Å². The Bertz CT molecular complexity index is 760. The number of amides is 2. The van der Waals surface area contributed by atoms with Crippen molar-refractivity contribution in [3.8, 4) is 0 Å². The molecule has 0 bridgehead atoms. The highest BCUT2D eigenvalue weighted by Gasteiger charge is 2.29. The van der Waals surface area contributed by atoms with Gasteiger partial charge in [0.1, 0.15) is 12.0 Å². The van der Waals surface area contributed by atoms with Crippen molar-refractivity contribution in [3.63, 3.8) is 0 Å². The minimum absolute atomic E-state index is 0.0945. The van der Waals surface area contributed by atoms with E-state index in [4.69, 9.17) is 0 Å². The fourth-order valence-electron chi connectivity index (χ4n) is 3.04. The van der Waals surface area contributed by atoms with Gasteiger partial charge in [-0.05, 0) is 0 Å². The Balaban J connectivity index is 1.46. The number of rotatable bonds is 2. The number of hydrogen-bond acceptors (Lipinski definition) is 6. The number of likely N-dealkylation sites (N-methyl/N-ethyl adjacent to an activating group) is 1. The van der Waals surface area contributed by atoms with Crippen molar-refractivity contribution in [2.75, 3.05) is 44.7 Å². The predicted molar refractivity (Wildman–Crippen MR) is 83.7 cm³/mol. The fraction of sp³-hybridized carbons (Fsp3) is 0.500. The molecular formula is C14H18N8O2. The van der Waals surface area contributed by atoms with E-state index in [0.717, 1.165) is 0 Å². The molecule has 0 atom stereocenters. The molecule has 1 N–H and O–H groups in total. The Hall–Kier alpha value is -2.91. The second-order valence-corrected chi connectivity index (χ2v) is 5.95. The van der Waals surface area contributed by atoms with Crippen molar-refractivity contribution < 1.29 is 9.59 Å². The van der Waals surface area contributed by atoms with Crippen molar-refractivity contribution in [1.29, 1.82) is 0 Å². The maximum absolute atomic E-state index is 12.7. The minimum Gasteiger partial charge on any atom is -0.339 e. The number of aromatic amines is 1. The summed E-state index contributed by atoms with van der Waals surface area (Å²) >= 11 is 0. The summed E-state index contributed by atoms with van der Waals surface area (Å²) in [5, 5.41) is 11.0. The molecule has 10 nitrogen and oxygen atoms in total. The summed E-state index contributed by atoms with van der Waals surface area (Å²) in [6.07, 6.45) is 1.47. The van der Waals surface area contributed by atoms with Gasteiger partial charge >= 0.3 is 0 Å². The molecule has 2 amide bonds. The minimum atomic E-state index is -0.135. The van der Waals surface area contributed by atoms with E-state index in [1.54, 1.807) is 27.6 Å². The third-order valence-corrected chi connectivity index (χ3v) is 4.48. The summed E-state index contributed by atoms with van der Waals surface area (Å²) in [7, 11) is 1.75. The second-order valence-electron chi connectivity index (χ2n) is 5.95. The van der Waals surface area contributed by atoms with Crippen LogP contribution in [0.25, 0.3) is 0 Å². The number of nitrogens with one attached hydrogen (secondary N) is 1. The number of anilines is 1. The first-order valence-electron chi connectivity index (χ1n) is 7.86. The quantitative estimate of drug-likeness (QED) is 0.761. The largest absolute Gasteiger partial charge is 0.339 e. The maximum atomic E-state index is 12.7. The molecule has 0 radical (unpaired) electrons. The predicted octanol–water partition coefficient (Wildman–Crippen LogP) is -0.951. The topological polar surface area (TPSA) is 103 Å². The van der Waals surface area contributed by atoms with Crippen LogP contribution in [0.1, 0.15) is 21.0 Å². The van der Waals surface area contributed by atoms with Crippen molar-refractivity contribution in [3.05, 3.63) is 23.8 Å². The smallest absolute Gasteiger partial charge is 0.274 e. The van der Waals surface area contributed by atoms with Crippen LogP contribution in [0.3, 0.4) is 0 Å². The van der Waals surface area contributed by atoms with E-state index in [0.29, 0.717) is 56.6 Å². The van der Waals surface area contributed by atoms with Crippen LogP contribution in [-0.2, 0) is 6.54 Å². The van der Waals surface area contributed by atoms with Gasteiger partial charge in [-0.3, -0.25) is 14.3 Å². The van der Waals surface area contributed by atoms with Gasteiger partial charge in [-0.15, -0.1) is 0 Å². The molecule has 4 rings (SSSR count). The van der Waals surface area contributed by atoms with Gasteiger partial charge in [-0.1, -0.05) is 0 Å². The third kappa shape index (κ3) is 2.39. The molecule has 2 aliphatic rings. The lowest BCUT2D eigenvalue weighted by atomic mass is 10.2. The molecule has 0 unspecified atom stereocenters. The normalized spacial score (nSPS) is 18.0. The highest BCUT2D eigenvalue weighted by Crippen LogP contribution is 2.16. The number of carbonyl (C=O) groups is 2. The highest BCUT2D eigenvalue weighted by molar-refractivity contribution is 5.98.